The number of hydrogen-bond acceptors (Lipinski definition) is 5. The van der Waals surface area contributed by atoms with Crippen LogP contribution in [-0.2, 0) is 23.9 Å². The Balaban J connectivity index is 3.94. The van der Waals surface area contributed by atoms with Crippen molar-refractivity contribution in [3.63, 3.8) is 0 Å². The first kappa shape index (κ1) is 42.8. The van der Waals surface area contributed by atoms with E-state index in [1.165, 1.54) is 57.8 Å². The summed E-state index contributed by atoms with van der Waals surface area (Å²) in [4.78, 5) is 47.8. The number of rotatable bonds is 32. The van der Waals surface area contributed by atoms with Gasteiger partial charge in [-0.3, -0.25) is 14.4 Å². The predicted octanol–water partition coefficient (Wildman–Crippen LogP) is 7.30. The highest BCUT2D eigenvalue weighted by Crippen LogP contribution is 2.13. The number of unbranched alkanes of at least 4 members (excludes halogenated alkanes) is 16. The van der Waals surface area contributed by atoms with Crippen molar-refractivity contribution in [2.75, 3.05) is 40.3 Å². The third-order valence-corrected chi connectivity index (χ3v) is 8.50. The van der Waals surface area contributed by atoms with Crippen molar-refractivity contribution in [3.8, 4) is 0 Å². The number of nitrogens with zero attached hydrogens (tertiary/aromatic N) is 1. The molecule has 0 rings (SSSR count). The monoisotopic (exact) mass is 641 g/mol. The minimum absolute atomic E-state index is 0.0986. The van der Waals surface area contributed by atoms with Gasteiger partial charge in [0.05, 0.1) is 40.2 Å². The largest absolute Gasteiger partial charge is 0.481 e. The molecule has 0 saturated heterocycles. The van der Waals surface area contributed by atoms with Crippen LogP contribution in [0.5, 0.6) is 0 Å². The van der Waals surface area contributed by atoms with Crippen LogP contribution in [-0.4, -0.2) is 79.7 Å². The molecule has 0 aliphatic rings. The Kier molecular flexibility index (Phi) is 27.9. The molecule has 3 N–H and O–H groups in total. The first-order valence-electron chi connectivity index (χ1n) is 18.4. The molecule has 264 valence electrons. The molecule has 0 aromatic rings. The van der Waals surface area contributed by atoms with E-state index in [1.807, 2.05) is 0 Å². The van der Waals surface area contributed by atoms with E-state index in [1.54, 1.807) is 6.92 Å². The number of quaternary nitrogens is 1. The van der Waals surface area contributed by atoms with Crippen molar-refractivity contribution in [1.29, 1.82) is 0 Å². The molecular formula is C36H70N3O6+. The van der Waals surface area contributed by atoms with Gasteiger partial charge < -0.3 is 25.0 Å². The Hall–Kier alpha value is -2.16. The second kappa shape index (κ2) is 29.3. The molecular weight excluding hydrogens is 570 g/mol. The summed E-state index contributed by atoms with van der Waals surface area (Å²) in [6.07, 6.45) is 23.0. The lowest BCUT2D eigenvalue weighted by atomic mass is 10.1. The van der Waals surface area contributed by atoms with Crippen LogP contribution >= 0.6 is 0 Å². The minimum Gasteiger partial charge on any atom is -0.481 e. The SMILES string of the molecule is CCCCCCCCCCCC(=O)NCCCCC(NC(=O)CCCCCCCCCC[N+](C)(C)CCC(=O)O)C(=O)OCC. The molecule has 0 fully saturated rings. The lowest BCUT2D eigenvalue weighted by molar-refractivity contribution is -0.890. The van der Waals surface area contributed by atoms with E-state index in [0.29, 0.717) is 32.4 Å². The third kappa shape index (κ3) is 29.0. The van der Waals surface area contributed by atoms with E-state index in [0.717, 1.165) is 75.2 Å². The van der Waals surface area contributed by atoms with E-state index in [9.17, 15) is 19.2 Å². The van der Waals surface area contributed by atoms with Crippen molar-refractivity contribution in [2.45, 2.75) is 168 Å². The Morgan fingerprint density at radius 2 is 1.13 bits per heavy atom. The van der Waals surface area contributed by atoms with Crippen molar-refractivity contribution in [2.24, 2.45) is 0 Å². The second-order valence-corrected chi connectivity index (χ2v) is 13.4. The van der Waals surface area contributed by atoms with Crippen LogP contribution < -0.4 is 10.6 Å². The number of ether oxygens (including phenoxy) is 1. The Morgan fingerprint density at radius 3 is 1.67 bits per heavy atom. The quantitative estimate of drug-likeness (QED) is 0.0403. The molecule has 0 aliphatic carbocycles. The van der Waals surface area contributed by atoms with Gasteiger partial charge in [0.1, 0.15) is 6.04 Å². The zero-order valence-electron chi connectivity index (χ0n) is 29.6. The summed E-state index contributed by atoms with van der Waals surface area (Å²) in [5, 5.41) is 14.7. The molecule has 0 aromatic heterocycles. The molecule has 9 heteroatoms. The van der Waals surface area contributed by atoms with Gasteiger partial charge >= 0.3 is 11.9 Å². The summed E-state index contributed by atoms with van der Waals surface area (Å²) in [6.45, 7) is 6.54. The first-order chi connectivity index (χ1) is 21.6. The number of hydrogen-bond donors (Lipinski definition) is 3. The van der Waals surface area contributed by atoms with Gasteiger partial charge in [0.25, 0.3) is 0 Å². The summed E-state index contributed by atoms with van der Waals surface area (Å²) in [6, 6.07) is -0.636. The van der Waals surface area contributed by atoms with Crippen LogP contribution in [0.15, 0.2) is 0 Å². The average molecular weight is 641 g/mol. The topological polar surface area (TPSA) is 122 Å². The zero-order chi connectivity index (χ0) is 33.6. The summed E-state index contributed by atoms with van der Waals surface area (Å²) in [5.41, 5.74) is 0. The second-order valence-electron chi connectivity index (χ2n) is 13.4. The number of amides is 2. The number of carboxylic acids is 1. The average Bonchev–Trinajstić information content (AvgIpc) is 2.99. The highest BCUT2D eigenvalue weighted by atomic mass is 16.5. The van der Waals surface area contributed by atoms with Crippen molar-refractivity contribution in [1.82, 2.24) is 10.6 Å². The molecule has 0 saturated carbocycles. The molecule has 9 nitrogen and oxygen atoms in total. The molecule has 0 bridgehead atoms. The lowest BCUT2D eigenvalue weighted by Gasteiger charge is -2.29. The normalized spacial score (nSPS) is 12.1. The molecule has 2 amide bonds. The zero-order valence-corrected chi connectivity index (χ0v) is 29.6. The predicted molar refractivity (Wildman–Crippen MR) is 183 cm³/mol. The molecule has 0 spiro atoms. The number of aliphatic carboxylic acids is 1. The van der Waals surface area contributed by atoms with E-state index >= 15 is 0 Å². The van der Waals surface area contributed by atoms with E-state index in [-0.39, 0.29) is 30.8 Å². The minimum atomic E-state index is -0.731. The fourth-order valence-electron chi connectivity index (χ4n) is 5.54. The fourth-order valence-corrected chi connectivity index (χ4v) is 5.54. The summed E-state index contributed by atoms with van der Waals surface area (Å²) in [7, 11) is 4.19. The fraction of sp³-hybridized carbons (Fsp3) is 0.889. The van der Waals surface area contributed by atoms with Gasteiger partial charge in [0.2, 0.25) is 11.8 Å². The Morgan fingerprint density at radius 1 is 0.622 bits per heavy atom. The lowest BCUT2D eigenvalue weighted by Crippen LogP contribution is -2.42. The van der Waals surface area contributed by atoms with Gasteiger partial charge in [0.15, 0.2) is 0 Å². The molecule has 0 radical (unpaired) electrons. The summed E-state index contributed by atoms with van der Waals surface area (Å²) >= 11 is 0. The Bertz CT molecular complexity index is 774. The van der Waals surface area contributed by atoms with Crippen molar-refractivity contribution in [3.05, 3.63) is 0 Å². The standard InChI is InChI=1S/C36H69N3O6/c1-5-7-8-9-10-11-14-17-20-26-33(40)37-29-23-22-25-32(36(44)45-6-2)38-34(41)27-21-18-15-12-13-16-19-24-30-39(3,4)31-28-35(42)43/h32H,5-31H2,1-4H3,(H2-,37,38,40,41,42,43)/p+1. The van der Waals surface area contributed by atoms with Gasteiger partial charge in [-0.15, -0.1) is 0 Å². The number of nitrogens with one attached hydrogen (secondary N) is 2. The van der Waals surface area contributed by atoms with Gasteiger partial charge in [0, 0.05) is 19.4 Å². The van der Waals surface area contributed by atoms with Crippen molar-refractivity contribution < 1.29 is 33.5 Å². The van der Waals surface area contributed by atoms with Crippen LogP contribution in [0.1, 0.15) is 162 Å². The van der Waals surface area contributed by atoms with Crippen LogP contribution in [0, 0.1) is 0 Å². The van der Waals surface area contributed by atoms with Gasteiger partial charge in [-0.25, -0.2) is 4.79 Å². The van der Waals surface area contributed by atoms with Crippen molar-refractivity contribution >= 4 is 23.8 Å². The van der Waals surface area contributed by atoms with Gasteiger partial charge in [-0.2, -0.15) is 0 Å². The maximum atomic E-state index is 12.5. The summed E-state index contributed by atoms with van der Waals surface area (Å²) < 4.78 is 5.94. The van der Waals surface area contributed by atoms with Crippen LogP contribution in [0.4, 0.5) is 0 Å². The number of carbonyl (C=O) groups is 4. The maximum Gasteiger partial charge on any atom is 0.328 e. The first-order valence-corrected chi connectivity index (χ1v) is 18.4. The molecule has 0 aromatic carbocycles. The number of esters is 1. The van der Waals surface area contributed by atoms with E-state index < -0.39 is 12.0 Å². The Labute approximate surface area is 275 Å². The molecule has 1 unspecified atom stereocenters. The van der Waals surface area contributed by atoms with Gasteiger partial charge in [-0.1, -0.05) is 90.4 Å². The number of carbonyl (C=O) groups excluding carboxylic acids is 3. The highest BCUT2D eigenvalue weighted by Gasteiger charge is 2.21. The smallest absolute Gasteiger partial charge is 0.328 e. The van der Waals surface area contributed by atoms with E-state index in [2.05, 4.69) is 31.7 Å². The summed E-state index contributed by atoms with van der Waals surface area (Å²) in [5.74, 6) is -1.12. The van der Waals surface area contributed by atoms with Crippen LogP contribution in [0.25, 0.3) is 0 Å². The molecule has 1 atom stereocenters. The van der Waals surface area contributed by atoms with E-state index in [4.69, 9.17) is 9.84 Å². The highest BCUT2D eigenvalue weighted by molar-refractivity contribution is 5.84. The molecule has 0 aliphatic heterocycles. The van der Waals surface area contributed by atoms with Gasteiger partial charge in [-0.05, 0) is 51.9 Å². The van der Waals surface area contributed by atoms with Crippen LogP contribution in [0.2, 0.25) is 0 Å². The van der Waals surface area contributed by atoms with Crippen LogP contribution in [0.3, 0.4) is 0 Å². The number of carboxylic acid groups (broad SMARTS) is 1. The molecule has 45 heavy (non-hydrogen) atoms. The maximum absolute atomic E-state index is 12.5. The third-order valence-electron chi connectivity index (χ3n) is 8.50. The molecule has 0 heterocycles.